The van der Waals surface area contributed by atoms with Gasteiger partial charge in [-0.2, -0.15) is 0 Å². The van der Waals surface area contributed by atoms with Gasteiger partial charge in [0.25, 0.3) is 5.91 Å². The second-order valence-corrected chi connectivity index (χ2v) is 6.43. The van der Waals surface area contributed by atoms with Gasteiger partial charge < -0.3 is 10.0 Å². The Morgan fingerprint density at radius 3 is 2.88 bits per heavy atom. The predicted octanol–water partition coefficient (Wildman–Crippen LogP) is 3.64. The van der Waals surface area contributed by atoms with E-state index in [1.807, 2.05) is 36.4 Å². The number of anilines is 1. The van der Waals surface area contributed by atoms with Crippen LogP contribution in [0.25, 0.3) is 17.0 Å². The molecule has 0 radical (unpaired) electrons. The van der Waals surface area contributed by atoms with Crippen molar-refractivity contribution in [1.29, 1.82) is 0 Å². The summed E-state index contributed by atoms with van der Waals surface area (Å²) in [5.41, 5.74) is 0.449. The van der Waals surface area contributed by atoms with Crippen LogP contribution in [0.5, 0.6) is 0 Å². The van der Waals surface area contributed by atoms with Crippen molar-refractivity contribution in [3.63, 3.8) is 0 Å². The third kappa shape index (κ3) is 2.48. The topological polar surface area (TPSA) is 53.4 Å². The molecular formula is C21H17FN2O2. The number of hydrogen-bond acceptors (Lipinski definition) is 3. The van der Waals surface area contributed by atoms with Crippen LogP contribution in [0.15, 0.2) is 60.8 Å². The molecule has 0 unspecified atom stereocenters. The number of rotatable bonds is 3. The first-order valence-corrected chi connectivity index (χ1v) is 8.31. The highest BCUT2D eigenvalue weighted by Gasteiger charge is 2.48. The Morgan fingerprint density at radius 1 is 1.23 bits per heavy atom. The van der Waals surface area contributed by atoms with Gasteiger partial charge in [-0.25, -0.2) is 4.39 Å². The molecule has 1 aliphatic heterocycles. The molecule has 0 aliphatic carbocycles. The van der Waals surface area contributed by atoms with Gasteiger partial charge in [0.15, 0.2) is 5.60 Å². The number of carbonyl (C=O) groups is 1. The SMILES string of the molecule is CN1C(=O)[C@](O)(C/C=C/c2cnc3ccccc3c2)c2cccc(F)c21. The lowest BCUT2D eigenvalue weighted by Crippen LogP contribution is -2.38. The minimum Gasteiger partial charge on any atom is -0.375 e. The van der Waals surface area contributed by atoms with Crippen molar-refractivity contribution in [1.82, 2.24) is 4.98 Å². The highest BCUT2D eigenvalue weighted by atomic mass is 19.1. The molecule has 1 atom stereocenters. The van der Waals surface area contributed by atoms with Crippen molar-refractivity contribution in [2.45, 2.75) is 12.0 Å². The number of hydrogen-bond donors (Lipinski definition) is 1. The minimum absolute atomic E-state index is 0.0550. The molecule has 0 saturated carbocycles. The van der Waals surface area contributed by atoms with Gasteiger partial charge in [-0.15, -0.1) is 0 Å². The van der Waals surface area contributed by atoms with E-state index in [4.69, 9.17) is 0 Å². The van der Waals surface area contributed by atoms with Crippen LogP contribution in [-0.2, 0) is 10.4 Å². The number of aliphatic hydroxyl groups is 1. The molecular weight excluding hydrogens is 331 g/mol. The van der Waals surface area contributed by atoms with E-state index in [9.17, 15) is 14.3 Å². The van der Waals surface area contributed by atoms with Gasteiger partial charge in [-0.3, -0.25) is 9.78 Å². The van der Waals surface area contributed by atoms with Gasteiger partial charge >= 0.3 is 0 Å². The van der Waals surface area contributed by atoms with E-state index < -0.39 is 17.3 Å². The van der Waals surface area contributed by atoms with E-state index in [1.165, 1.54) is 24.1 Å². The first-order valence-electron chi connectivity index (χ1n) is 8.31. The lowest BCUT2D eigenvalue weighted by Gasteiger charge is -2.19. The van der Waals surface area contributed by atoms with Crippen LogP contribution < -0.4 is 4.90 Å². The minimum atomic E-state index is -1.76. The van der Waals surface area contributed by atoms with Crippen LogP contribution in [-0.4, -0.2) is 23.0 Å². The lowest BCUT2D eigenvalue weighted by atomic mass is 9.91. The predicted molar refractivity (Wildman–Crippen MR) is 99.1 cm³/mol. The Hall–Kier alpha value is -3.05. The summed E-state index contributed by atoms with van der Waals surface area (Å²) in [6, 6.07) is 14.1. The average Bonchev–Trinajstić information content (AvgIpc) is 2.84. The number of halogens is 1. The third-order valence-corrected chi connectivity index (χ3v) is 4.76. The molecule has 2 heterocycles. The molecule has 0 fully saturated rings. The zero-order valence-corrected chi connectivity index (χ0v) is 14.2. The number of nitrogens with zero attached hydrogens (tertiary/aromatic N) is 2. The van der Waals surface area contributed by atoms with Crippen molar-refractivity contribution in [3.8, 4) is 0 Å². The van der Waals surface area contributed by atoms with Crippen LogP contribution in [0.1, 0.15) is 17.5 Å². The van der Waals surface area contributed by atoms with E-state index in [2.05, 4.69) is 4.98 Å². The largest absolute Gasteiger partial charge is 0.375 e. The van der Waals surface area contributed by atoms with Gasteiger partial charge in [-0.1, -0.05) is 42.5 Å². The summed E-state index contributed by atoms with van der Waals surface area (Å²) in [6.45, 7) is 0. The number of pyridine rings is 1. The fraction of sp³-hybridized carbons (Fsp3) is 0.143. The van der Waals surface area contributed by atoms with E-state index in [0.717, 1.165) is 16.5 Å². The Kier molecular flexibility index (Phi) is 3.81. The van der Waals surface area contributed by atoms with Gasteiger partial charge in [0.2, 0.25) is 0 Å². The molecule has 5 heteroatoms. The second-order valence-electron chi connectivity index (χ2n) is 6.43. The molecule has 3 aromatic rings. The molecule has 1 aliphatic rings. The Morgan fingerprint density at radius 2 is 2.04 bits per heavy atom. The molecule has 26 heavy (non-hydrogen) atoms. The normalized spacial score (nSPS) is 19.5. The maximum atomic E-state index is 14.1. The summed E-state index contributed by atoms with van der Waals surface area (Å²) >= 11 is 0. The van der Waals surface area contributed by atoms with Gasteiger partial charge in [-0.05, 0) is 23.8 Å². The number of aromatic nitrogens is 1. The van der Waals surface area contributed by atoms with E-state index in [0.29, 0.717) is 5.56 Å². The van der Waals surface area contributed by atoms with Gasteiger partial charge in [0.05, 0.1) is 11.2 Å². The highest BCUT2D eigenvalue weighted by Crippen LogP contribution is 2.43. The highest BCUT2D eigenvalue weighted by molar-refractivity contribution is 6.06. The lowest BCUT2D eigenvalue weighted by molar-refractivity contribution is -0.135. The molecule has 4 rings (SSSR count). The van der Waals surface area contributed by atoms with E-state index in [1.54, 1.807) is 18.3 Å². The van der Waals surface area contributed by atoms with Crippen LogP contribution >= 0.6 is 0 Å². The molecule has 0 saturated heterocycles. The van der Waals surface area contributed by atoms with Gasteiger partial charge in [0.1, 0.15) is 5.82 Å². The molecule has 0 bridgehead atoms. The van der Waals surface area contributed by atoms with Gasteiger partial charge in [0, 0.05) is 30.6 Å². The summed E-state index contributed by atoms with van der Waals surface area (Å²) in [6.07, 6.45) is 5.32. The number of amides is 1. The van der Waals surface area contributed by atoms with E-state index in [-0.39, 0.29) is 12.1 Å². The number of para-hydroxylation sites is 2. The Balaban J connectivity index is 1.63. The van der Waals surface area contributed by atoms with Crippen LogP contribution in [0.4, 0.5) is 10.1 Å². The summed E-state index contributed by atoms with van der Waals surface area (Å²) in [4.78, 5) is 18.1. The maximum Gasteiger partial charge on any atom is 0.263 e. The van der Waals surface area contributed by atoms with Crippen molar-refractivity contribution in [2.24, 2.45) is 0 Å². The Labute approximate surface area is 150 Å². The zero-order chi connectivity index (χ0) is 18.3. The molecule has 1 amide bonds. The Bertz CT molecular complexity index is 1050. The van der Waals surface area contributed by atoms with Crippen LogP contribution in [0.3, 0.4) is 0 Å². The summed E-state index contributed by atoms with van der Waals surface area (Å²) < 4.78 is 14.1. The van der Waals surface area contributed by atoms with E-state index >= 15 is 0 Å². The first kappa shape index (κ1) is 16.4. The number of fused-ring (bicyclic) bond motifs is 2. The zero-order valence-electron chi connectivity index (χ0n) is 14.2. The second kappa shape index (κ2) is 6.04. The third-order valence-electron chi connectivity index (χ3n) is 4.76. The fourth-order valence-electron chi connectivity index (χ4n) is 3.43. The van der Waals surface area contributed by atoms with Crippen molar-refractivity contribution < 1.29 is 14.3 Å². The number of benzene rings is 2. The quantitative estimate of drug-likeness (QED) is 0.786. The van der Waals surface area contributed by atoms with Crippen molar-refractivity contribution >= 4 is 28.6 Å². The molecule has 4 nitrogen and oxygen atoms in total. The summed E-state index contributed by atoms with van der Waals surface area (Å²) in [5, 5.41) is 11.9. The maximum absolute atomic E-state index is 14.1. The average molecular weight is 348 g/mol. The smallest absolute Gasteiger partial charge is 0.263 e. The first-order chi connectivity index (χ1) is 12.5. The summed E-state index contributed by atoms with van der Waals surface area (Å²) in [5.74, 6) is -1.05. The fourth-order valence-corrected chi connectivity index (χ4v) is 3.43. The molecule has 2 aromatic carbocycles. The number of likely N-dealkylation sites (N-methyl/N-ethyl adjacent to an activating group) is 1. The molecule has 130 valence electrons. The molecule has 1 aromatic heterocycles. The molecule has 1 N–H and O–H groups in total. The summed E-state index contributed by atoms with van der Waals surface area (Å²) in [7, 11) is 1.47. The van der Waals surface area contributed by atoms with Crippen molar-refractivity contribution in [2.75, 3.05) is 11.9 Å². The molecule has 0 spiro atoms. The van der Waals surface area contributed by atoms with Crippen molar-refractivity contribution in [3.05, 3.63) is 77.7 Å². The monoisotopic (exact) mass is 348 g/mol. The van der Waals surface area contributed by atoms with Crippen LogP contribution in [0, 0.1) is 5.82 Å². The number of carbonyl (C=O) groups excluding carboxylic acids is 1. The van der Waals surface area contributed by atoms with Crippen LogP contribution in [0.2, 0.25) is 0 Å². The standard InChI is InChI=1S/C21H17FN2O2/c1-24-19-16(8-4-9-17(19)22)21(26,20(24)25)11-5-6-14-12-15-7-2-3-10-18(15)23-13-14/h2-10,12-13,26H,11H2,1H3/b6-5+/t21-/m0/s1.